The third-order valence-electron chi connectivity index (χ3n) is 2.91. The number of nitrogens with zero attached hydrogens (tertiary/aromatic N) is 1. The molecule has 9 heteroatoms. The first-order valence-electron chi connectivity index (χ1n) is 7.20. The van der Waals surface area contributed by atoms with Crippen LogP contribution in [0.5, 0.6) is 5.75 Å². The van der Waals surface area contributed by atoms with Crippen LogP contribution in [0.25, 0.3) is 0 Å². The average Bonchev–Trinajstić information content (AvgIpc) is 3.12. The maximum atomic E-state index is 11.6. The Balaban J connectivity index is 1.90. The summed E-state index contributed by atoms with van der Waals surface area (Å²) >= 11 is 12.1. The van der Waals surface area contributed by atoms with Crippen LogP contribution in [-0.4, -0.2) is 24.6 Å². The first-order valence-corrected chi connectivity index (χ1v) is 7.95. The monoisotopic (exact) mass is 393 g/mol. The molecule has 2 amide bonds. The van der Waals surface area contributed by atoms with E-state index in [2.05, 4.69) is 21.8 Å². The molecule has 1 heterocycles. The van der Waals surface area contributed by atoms with Crippen molar-refractivity contribution in [3.8, 4) is 18.1 Å². The van der Waals surface area contributed by atoms with Crippen molar-refractivity contribution in [3.63, 3.8) is 0 Å². The van der Waals surface area contributed by atoms with E-state index in [-0.39, 0.29) is 28.9 Å². The van der Waals surface area contributed by atoms with Crippen LogP contribution in [0.3, 0.4) is 0 Å². The van der Waals surface area contributed by atoms with Crippen LogP contribution < -0.4 is 15.5 Å². The Morgan fingerprint density at radius 1 is 1.31 bits per heavy atom. The van der Waals surface area contributed by atoms with Gasteiger partial charge in [-0.1, -0.05) is 29.1 Å². The molecule has 0 saturated heterocycles. The molecule has 2 N–H and O–H groups in total. The van der Waals surface area contributed by atoms with Crippen molar-refractivity contribution in [2.24, 2.45) is 5.10 Å². The number of ether oxygens (including phenoxy) is 1. The SMILES string of the molecule is C#CCOc1c(Cl)cc(/C=N\NC(=O)C(=O)NCc2ccco2)cc1Cl. The quantitative estimate of drug-likeness (QED) is 0.341. The third-order valence-corrected chi connectivity index (χ3v) is 3.47. The van der Waals surface area contributed by atoms with E-state index in [1.165, 1.54) is 24.6 Å². The minimum absolute atomic E-state index is 0.0239. The van der Waals surface area contributed by atoms with Gasteiger partial charge in [-0.15, -0.1) is 6.42 Å². The minimum atomic E-state index is -0.932. The molecule has 2 rings (SSSR count). The van der Waals surface area contributed by atoms with Crippen LogP contribution in [-0.2, 0) is 16.1 Å². The summed E-state index contributed by atoms with van der Waals surface area (Å²) in [4.78, 5) is 23.3. The van der Waals surface area contributed by atoms with Crippen molar-refractivity contribution in [2.45, 2.75) is 6.54 Å². The Hall–Kier alpha value is -2.95. The number of halogens is 2. The molecule has 1 aromatic heterocycles. The lowest BCUT2D eigenvalue weighted by Crippen LogP contribution is -2.37. The lowest BCUT2D eigenvalue weighted by molar-refractivity contribution is -0.139. The molecule has 0 saturated carbocycles. The van der Waals surface area contributed by atoms with Gasteiger partial charge in [-0.25, -0.2) is 5.43 Å². The number of furan rings is 1. The largest absolute Gasteiger partial charge is 0.478 e. The zero-order valence-corrected chi connectivity index (χ0v) is 14.8. The number of hydrogen-bond acceptors (Lipinski definition) is 5. The molecular formula is C17H13Cl2N3O4. The molecule has 0 aliphatic carbocycles. The number of benzene rings is 1. The van der Waals surface area contributed by atoms with E-state index >= 15 is 0 Å². The van der Waals surface area contributed by atoms with Crippen LogP contribution in [0.15, 0.2) is 40.0 Å². The van der Waals surface area contributed by atoms with Crippen LogP contribution in [0.4, 0.5) is 0 Å². The molecule has 2 aromatic rings. The number of amides is 2. The Kier molecular flexibility index (Phi) is 7.09. The summed E-state index contributed by atoms with van der Waals surface area (Å²) in [7, 11) is 0. The number of hydrogen-bond donors (Lipinski definition) is 2. The van der Waals surface area contributed by atoms with Gasteiger partial charge in [0.25, 0.3) is 0 Å². The van der Waals surface area contributed by atoms with Gasteiger partial charge < -0.3 is 14.5 Å². The van der Waals surface area contributed by atoms with Crippen molar-refractivity contribution >= 4 is 41.2 Å². The Bertz CT molecular complexity index is 834. The second kappa shape index (κ2) is 9.51. The Morgan fingerprint density at radius 3 is 2.65 bits per heavy atom. The maximum Gasteiger partial charge on any atom is 0.329 e. The molecule has 0 unspecified atom stereocenters. The number of nitrogens with one attached hydrogen (secondary N) is 2. The molecule has 134 valence electrons. The molecule has 0 spiro atoms. The van der Waals surface area contributed by atoms with E-state index in [0.717, 1.165) is 0 Å². The van der Waals surface area contributed by atoms with Gasteiger partial charge in [0, 0.05) is 0 Å². The molecule has 0 aliphatic rings. The highest BCUT2D eigenvalue weighted by Gasteiger charge is 2.13. The van der Waals surface area contributed by atoms with E-state index < -0.39 is 11.8 Å². The lowest BCUT2D eigenvalue weighted by Gasteiger charge is -2.08. The zero-order valence-electron chi connectivity index (χ0n) is 13.3. The van der Waals surface area contributed by atoms with Gasteiger partial charge in [0.05, 0.1) is 29.1 Å². The molecule has 1 aromatic carbocycles. The number of rotatable bonds is 6. The standard InChI is InChI=1S/C17H13Cl2N3O4/c1-2-5-26-15-13(18)7-11(8-14(15)19)9-21-22-17(24)16(23)20-10-12-4-3-6-25-12/h1,3-4,6-9H,5,10H2,(H,20,23)(H,22,24)/b21-9-. The average molecular weight is 394 g/mol. The van der Waals surface area contributed by atoms with Crippen molar-refractivity contribution in [2.75, 3.05) is 6.61 Å². The van der Waals surface area contributed by atoms with Gasteiger partial charge in [0.1, 0.15) is 12.4 Å². The summed E-state index contributed by atoms with van der Waals surface area (Å²) in [6, 6.07) is 6.38. The topological polar surface area (TPSA) is 92.9 Å². The number of carbonyl (C=O) groups is 2. The predicted octanol–water partition coefficient (Wildman–Crippen LogP) is 2.36. The van der Waals surface area contributed by atoms with Crippen molar-refractivity contribution < 1.29 is 18.7 Å². The molecular weight excluding hydrogens is 381 g/mol. The van der Waals surface area contributed by atoms with E-state index in [1.54, 1.807) is 12.1 Å². The van der Waals surface area contributed by atoms with Crippen molar-refractivity contribution in [1.29, 1.82) is 0 Å². The molecule has 0 bridgehead atoms. The van der Waals surface area contributed by atoms with Gasteiger partial charge in [-0.05, 0) is 29.8 Å². The fraction of sp³-hybridized carbons (Fsp3) is 0.118. The van der Waals surface area contributed by atoms with Crippen LogP contribution >= 0.6 is 23.2 Å². The fourth-order valence-corrected chi connectivity index (χ4v) is 2.40. The summed E-state index contributed by atoms with van der Waals surface area (Å²) in [6.45, 7) is 0.114. The van der Waals surface area contributed by atoms with Gasteiger partial charge in [0.2, 0.25) is 0 Å². The Morgan fingerprint density at radius 2 is 2.04 bits per heavy atom. The molecule has 26 heavy (non-hydrogen) atoms. The molecule has 0 atom stereocenters. The van der Waals surface area contributed by atoms with E-state index in [9.17, 15) is 9.59 Å². The van der Waals surface area contributed by atoms with Crippen molar-refractivity contribution in [1.82, 2.24) is 10.7 Å². The maximum absolute atomic E-state index is 11.6. The summed E-state index contributed by atoms with van der Waals surface area (Å²) in [5, 5.41) is 6.53. The Labute approximate surface area is 159 Å². The highest BCUT2D eigenvalue weighted by atomic mass is 35.5. The number of carbonyl (C=O) groups excluding carboxylic acids is 2. The number of hydrazone groups is 1. The molecule has 0 aliphatic heterocycles. The second-order valence-electron chi connectivity index (χ2n) is 4.77. The van der Waals surface area contributed by atoms with E-state index in [4.69, 9.17) is 38.8 Å². The number of terminal acetylenes is 1. The third kappa shape index (κ3) is 5.55. The first kappa shape index (κ1) is 19.4. The lowest BCUT2D eigenvalue weighted by atomic mass is 10.2. The molecule has 0 radical (unpaired) electrons. The highest BCUT2D eigenvalue weighted by molar-refractivity contribution is 6.37. The summed E-state index contributed by atoms with van der Waals surface area (Å²) in [5.41, 5.74) is 2.58. The van der Waals surface area contributed by atoms with Gasteiger partial charge in [-0.2, -0.15) is 5.10 Å². The van der Waals surface area contributed by atoms with Gasteiger partial charge >= 0.3 is 11.8 Å². The van der Waals surface area contributed by atoms with Crippen LogP contribution in [0, 0.1) is 12.3 Å². The second-order valence-corrected chi connectivity index (χ2v) is 5.58. The van der Waals surface area contributed by atoms with Gasteiger partial charge in [0.15, 0.2) is 5.75 Å². The molecule has 7 nitrogen and oxygen atoms in total. The zero-order chi connectivity index (χ0) is 18.9. The normalized spacial score (nSPS) is 10.3. The highest BCUT2D eigenvalue weighted by Crippen LogP contribution is 2.33. The fourth-order valence-electron chi connectivity index (χ4n) is 1.78. The summed E-state index contributed by atoms with van der Waals surface area (Å²) in [5.74, 6) is 1.29. The van der Waals surface area contributed by atoms with Gasteiger partial charge in [-0.3, -0.25) is 9.59 Å². The van der Waals surface area contributed by atoms with E-state index in [0.29, 0.717) is 11.3 Å². The first-order chi connectivity index (χ1) is 12.5. The predicted molar refractivity (Wildman–Crippen MR) is 97.1 cm³/mol. The minimum Gasteiger partial charge on any atom is -0.478 e. The van der Waals surface area contributed by atoms with Crippen LogP contribution in [0.1, 0.15) is 11.3 Å². The summed E-state index contributed by atoms with van der Waals surface area (Å²) < 4.78 is 10.3. The van der Waals surface area contributed by atoms with E-state index in [1.807, 2.05) is 0 Å². The van der Waals surface area contributed by atoms with Crippen LogP contribution in [0.2, 0.25) is 10.0 Å². The summed E-state index contributed by atoms with van der Waals surface area (Å²) in [6.07, 6.45) is 7.85. The molecule has 0 fully saturated rings. The van der Waals surface area contributed by atoms with Crippen molar-refractivity contribution in [3.05, 3.63) is 51.9 Å². The smallest absolute Gasteiger partial charge is 0.329 e.